The van der Waals surface area contributed by atoms with Crippen molar-refractivity contribution in [3.8, 4) is 11.5 Å². The van der Waals surface area contributed by atoms with Crippen LogP contribution in [0.2, 0.25) is 0 Å². The van der Waals surface area contributed by atoms with Gasteiger partial charge < -0.3 is 24.8 Å². The number of hydrogen-bond acceptors (Lipinski definition) is 7. The Morgan fingerprint density at radius 3 is 2.61 bits per heavy atom. The number of nitrogens with one attached hydrogen (secondary N) is 2. The van der Waals surface area contributed by atoms with Crippen LogP contribution in [0.1, 0.15) is 22.8 Å². The van der Waals surface area contributed by atoms with Crippen LogP contribution in [0.25, 0.3) is 0 Å². The third kappa shape index (κ3) is 5.69. The van der Waals surface area contributed by atoms with Gasteiger partial charge in [-0.2, -0.15) is 0 Å². The molecule has 2 N–H and O–H groups in total. The van der Waals surface area contributed by atoms with Crippen molar-refractivity contribution in [3.63, 3.8) is 0 Å². The number of hydrogen-bond donors (Lipinski definition) is 2. The molecule has 9 heteroatoms. The summed E-state index contributed by atoms with van der Waals surface area (Å²) >= 11 is 1.43. The number of ether oxygens (including phenoxy) is 3. The summed E-state index contributed by atoms with van der Waals surface area (Å²) in [5.74, 6) is 0.114. The van der Waals surface area contributed by atoms with Crippen molar-refractivity contribution >= 4 is 35.2 Å². The van der Waals surface area contributed by atoms with E-state index in [9.17, 15) is 14.4 Å². The fourth-order valence-corrected chi connectivity index (χ4v) is 3.91. The molecule has 31 heavy (non-hydrogen) atoms. The molecule has 2 aromatic rings. The Balaban J connectivity index is 1.46. The Kier molecular flexibility index (Phi) is 7.41. The van der Waals surface area contributed by atoms with Crippen LogP contribution in [-0.4, -0.2) is 50.4 Å². The van der Waals surface area contributed by atoms with E-state index < -0.39 is 11.9 Å². The number of rotatable bonds is 8. The normalized spacial score (nSPS) is 14.8. The monoisotopic (exact) mass is 444 g/mol. The Morgan fingerprint density at radius 1 is 1.10 bits per heavy atom. The summed E-state index contributed by atoms with van der Waals surface area (Å²) in [6.45, 7) is 1.81. The van der Waals surface area contributed by atoms with Crippen LogP contribution < -0.4 is 20.1 Å². The molecule has 1 aliphatic rings. The summed E-state index contributed by atoms with van der Waals surface area (Å²) in [7, 11) is 3.13. The van der Waals surface area contributed by atoms with E-state index in [-0.39, 0.29) is 23.3 Å². The molecule has 8 nitrogen and oxygen atoms in total. The van der Waals surface area contributed by atoms with Crippen LogP contribution in [0, 0.1) is 0 Å². The average molecular weight is 445 g/mol. The highest BCUT2D eigenvalue weighted by atomic mass is 32.2. The first-order chi connectivity index (χ1) is 14.9. The number of anilines is 1. The second-order valence-electron chi connectivity index (χ2n) is 6.83. The van der Waals surface area contributed by atoms with Gasteiger partial charge in [-0.3, -0.25) is 9.59 Å². The molecule has 1 aliphatic heterocycles. The van der Waals surface area contributed by atoms with Crippen molar-refractivity contribution in [2.45, 2.75) is 23.5 Å². The molecule has 2 aromatic carbocycles. The lowest BCUT2D eigenvalue weighted by molar-refractivity contribution is -0.124. The van der Waals surface area contributed by atoms with E-state index >= 15 is 0 Å². The van der Waals surface area contributed by atoms with Crippen molar-refractivity contribution in [1.82, 2.24) is 5.32 Å². The average Bonchev–Trinajstić information content (AvgIpc) is 2.77. The maximum atomic E-state index is 12.3. The molecule has 0 saturated carbocycles. The molecule has 1 atom stereocenters. The molecule has 0 radical (unpaired) electrons. The molecule has 0 bridgehead atoms. The summed E-state index contributed by atoms with van der Waals surface area (Å²) in [4.78, 5) is 37.0. The van der Waals surface area contributed by atoms with Gasteiger partial charge in [0.05, 0.1) is 30.7 Å². The first kappa shape index (κ1) is 22.5. The van der Waals surface area contributed by atoms with Gasteiger partial charge in [0.15, 0.2) is 18.1 Å². The van der Waals surface area contributed by atoms with Crippen molar-refractivity contribution in [1.29, 1.82) is 0 Å². The number of amides is 2. The third-order valence-corrected chi connectivity index (χ3v) is 5.84. The zero-order valence-corrected chi connectivity index (χ0v) is 18.3. The van der Waals surface area contributed by atoms with Crippen molar-refractivity contribution < 1.29 is 28.6 Å². The highest BCUT2D eigenvalue weighted by Gasteiger charge is 2.24. The third-order valence-electron chi connectivity index (χ3n) is 4.66. The largest absolute Gasteiger partial charge is 0.493 e. The molecule has 1 heterocycles. The van der Waals surface area contributed by atoms with Gasteiger partial charge in [-0.1, -0.05) is 6.07 Å². The van der Waals surface area contributed by atoms with Crippen LogP contribution in [-0.2, 0) is 20.7 Å². The second-order valence-corrected chi connectivity index (χ2v) is 8.21. The van der Waals surface area contributed by atoms with Crippen LogP contribution >= 0.6 is 11.8 Å². The van der Waals surface area contributed by atoms with Gasteiger partial charge in [0.1, 0.15) is 0 Å². The van der Waals surface area contributed by atoms with Crippen molar-refractivity contribution in [2.75, 3.05) is 32.7 Å². The Labute approximate surface area is 184 Å². The quantitative estimate of drug-likeness (QED) is 0.604. The smallest absolute Gasteiger partial charge is 0.338 e. The van der Waals surface area contributed by atoms with E-state index in [1.54, 1.807) is 38.5 Å². The number of esters is 1. The minimum atomic E-state index is -0.629. The molecule has 0 spiro atoms. The maximum Gasteiger partial charge on any atom is 0.338 e. The number of carbonyl (C=O) groups is 3. The Bertz CT molecular complexity index is 994. The lowest BCUT2D eigenvalue weighted by Crippen LogP contribution is -2.30. The van der Waals surface area contributed by atoms with Crippen LogP contribution in [0.4, 0.5) is 5.69 Å². The first-order valence-electron chi connectivity index (χ1n) is 9.67. The fourth-order valence-electron chi connectivity index (χ4n) is 2.98. The van der Waals surface area contributed by atoms with Crippen molar-refractivity contribution in [3.05, 3.63) is 47.5 Å². The standard InChI is InChI=1S/C22H24N2O6S/c1-13-21(26)24-16-11-15(5-7-19(16)31-13)22(27)30-12-20(25)23-9-8-14-4-6-17(28-2)18(10-14)29-3/h4-7,10-11,13H,8-9,12H2,1-3H3,(H,23,25)(H,24,26). The van der Waals surface area contributed by atoms with E-state index in [1.807, 2.05) is 19.1 Å². The minimum absolute atomic E-state index is 0.114. The second kappa shape index (κ2) is 10.2. The molecule has 0 saturated heterocycles. The number of thioether (sulfide) groups is 1. The zero-order valence-electron chi connectivity index (χ0n) is 17.5. The van der Waals surface area contributed by atoms with E-state index in [0.717, 1.165) is 10.5 Å². The molecule has 164 valence electrons. The highest BCUT2D eigenvalue weighted by Crippen LogP contribution is 2.36. The number of benzene rings is 2. The number of methoxy groups -OCH3 is 2. The summed E-state index contributed by atoms with van der Waals surface area (Å²) in [5, 5.41) is 5.29. The van der Waals surface area contributed by atoms with E-state index in [4.69, 9.17) is 14.2 Å². The van der Waals surface area contributed by atoms with E-state index in [2.05, 4.69) is 10.6 Å². The van der Waals surface area contributed by atoms with Crippen LogP contribution in [0.5, 0.6) is 11.5 Å². The summed E-state index contributed by atoms with van der Waals surface area (Å²) in [6.07, 6.45) is 0.584. The molecular formula is C22H24N2O6S. The highest BCUT2D eigenvalue weighted by molar-refractivity contribution is 8.00. The number of carbonyl (C=O) groups excluding carboxylic acids is 3. The van der Waals surface area contributed by atoms with Crippen molar-refractivity contribution in [2.24, 2.45) is 0 Å². The maximum absolute atomic E-state index is 12.3. The lowest BCUT2D eigenvalue weighted by atomic mass is 10.1. The van der Waals surface area contributed by atoms with Gasteiger partial charge in [-0.05, 0) is 49.2 Å². The predicted octanol–water partition coefficient (Wildman–Crippen LogP) is 2.65. The Morgan fingerprint density at radius 2 is 1.87 bits per heavy atom. The van der Waals surface area contributed by atoms with Gasteiger partial charge in [-0.25, -0.2) is 4.79 Å². The SMILES string of the molecule is COc1ccc(CCNC(=O)COC(=O)c2ccc3c(c2)NC(=O)C(C)S3)cc1OC. The number of fused-ring (bicyclic) bond motifs is 1. The zero-order chi connectivity index (χ0) is 22.4. The lowest BCUT2D eigenvalue weighted by Gasteiger charge is -2.21. The summed E-state index contributed by atoms with van der Waals surface area (Å²) < 4.78 is 15.6. The van der Waals surface area contributed by atoms with Gasteiger partial charge in [-0.15, -0.1) is 11.8 Å². The van der Waals surface area contributed by atoms with Crippen LogP contribution in [0.15, 0.2) is 41.3 Å². The molecule has 2 amide bonds. The van der Waals surface area contributed by atoms with Gasteiger partial charge >= 0.3 is 5.97 Å². The van der Waals surface area contributed by atoms with Gasteiger partial charge in [0.25, 0.3) is 5.91 Å². The van der Waals surface area contributed by atoms with Crippen LogP contribution in [0.3, 0.4) is 0 Å². The fraction of sp³-hybridized carbons (Fsp3) is 0.318. The first-order valence-corrected chi connectivity index (χ1v) is 10.6. The molecule has 1 unspecified atom stereocenters. The minimum Gasteiger partial charge on any atom is -0.493 e. The van der Waals surface area contributed by atoms with Gasteiger partial charge in [0, 0.05) is 11.4 Å². The molecular weight excluding hydrogens is 420 g/mol. The molecule has 3 rings (SSSR count). The molecule has 0 aliphatic carbocycles. The topological polar surface area (TPSA) is 103 Å². The Hall–Kier alpha value is -3.20. The van der Waals surface area contributed by atoms with E-state index in [0.29, 0.717) is 30.2 Å². The summed E-state index contributed by atoms with van der Waals surface area (Å²) in [5.41, 5.74) is 1.81. The predicted molar refractivity (Wildman–Crippen MR) is 117 cm³/mol. The molecule has 0 aromatic heterocycles. The molecule has 0 fully saturated rings. The van der Waals surface area contributed by atoms with E-state index in [1.165, 1.54) is 11.8 Å². The van der Waals surface area contributed by atoms with Gasteiger partial charge in [0.2, 0.25) is 5.91 Å². The summed E-state index contributed by atoms with van der Waals surface area (Å²) in [6, 6.07) is 10.5.